The fourth-order valence-corrected chi connectivity index (χ4v) is 2.36. The summed E-state index contributed by atoms with van der Waals surface area (Å²) in [5.41, 5.74) is 7.36. The van der Waals surface area contributed by atoms with Crippen LogP contribution in [0.2, 0.25) is 0 Å². The summed E-state index contributed by atoms with van der Waals surface area (Å²) in [6.45, 7) is 4.93. The van der Waals surface area contributed by atoms with E-state index in [1.54, 1.807) is 0 Å². The SMILES string of the molecule is Cc1ccccc1OCC(N)C1CCN(C)C1. The molecule has 0 saturated carbocycles. The lowest BCUT2D eigenvalue weighted by Gasteiger charge is -2.20. The van der Waals surface area contributed by atoms with Gasteiger partial charge in [0.2, 0.25) is 0 Å². The molecule has 1 heterocycles. The number of nitrogens with zero attached hydrogens (tertiary/aromatic N) is 1. The molecular formula is C14H22N2O. The summed E-state index contributed by atoms with van der Waals surface area (Å²) in [4.78, 5) is 2.33. The summed E-state index contributed by atoms with van der Waals surface area (Å²) in [5.74, 6) is 1.53. The Bertz CT molecular complexity index is 367. The van der Waals surface area contributed by atoms with Gasteiger partial charge in [0.15, 0.2) is 0 Å². The maximum atomic E-state index is 6.19. The van der Waals surface area contributed by atoms with E-state index in [-0.39, 0.29) is 6.04 Å². The van der Waals surface area contributed by atoms with Gasteiger partial charge in [-0.25, -0.2) is 0 Å². The summed E-state index contributed by atoms with van der Waals surface area (Å²) >= 11 is 0. The van der Waals surface area contributed by atoms with Gasteiger partial charge in [-0.1, -0.05) is 18.2 Å². The van der Waals surface area contributed by atoms with Gasteiger partial charge in [0.05, 0.1) is 0 Å². The molecular weight excluding hydrogens is 212 g/mol. The van der Waals surface area contributed by atoms with Gasteiger partial charge in [0, 0.05) is 12.6 Å². The third kappa shape index (κ3) is 3.20. The molecule has 2 N–H and O–H groups in total. The number of para-hydroxylation sites is 1. The van der Waals surface area contributed by atoms with Gasteiger partial charge in [-0.05, 0) is 44.5 Å². The van der Waals surface area contributed by atoms with Crippen LogP contribution in [0.3, 0.4) is 0 Å². The van der Waals surface area contributed by atoms with Crippen LogP contribution in [0.15, 0.2) is 24.3 Å². The Labute approximate surface area is 104 Å². The second kappa shape index (κ2) is 5.52. The first kappa shape index (κ1) is 12.4. The minimum absolute atomic E-state index is 0.138. The number of hydrogen-bond acceptors (Lipinski definition) is 3. The predicted molar refractivity (Wildman–Crippen MR) is 70.3 cm³/mol. The zero-order valence-corrected chi connectivity index (χ0v) is 10.7. The maximum absolute atomic E-state index is 6.19. The predicted octanol–water partition coefficient (Wildman–Crippen LogP) is 1.65. The summed E-state index contributed by atoms with van der Waals surface area (Å²) < 4.78 is 5.80. The second-order valence-electron chi connectivity index (χ2n) is 5.05. The van der Waals surface area contributed by atoms with Gasteiger partial charge in [-0.2, -0.15) is 0 Å². The second-order valence-corrected chi connectivity index (χ2v) is 5.05. The molecule has 0 aliphatic carbocycles. The smallest absolute Gasteiger partial charge is 0.122 e. The number of aryl methyl sites for hydroxylation is 1. The number of rotatable bonds is 4. The topological polar surface area (TPSA) is 38.5 Å². The Balaban J connectivity index is 1.84. The Morgan fingerprint density at radius 1 is 1.47 bits per heavy atom. The lowest BCUT2D eigenvalue weighted by molar-refractivity contribution is 0.244. The fraction of sp³-hybridized carbons (Fsp3) is 0.571. The van der Waals surface area contributed by atoms with Gasteiger partial charge >= 0.3 is 0 Å². The van der Waals surface area contributed by atoms with Crippen LogP contribution in [-0.2, 0) is 0 Å². The molecule has 3 heteroatoms. The summed E-state index contributed by atoms with van der Waals surface area (Å²) in [5, 5.41) is 0. The van der Waals surface area contributed by atoms with Crippen LogP contribution >= 0.6 is 0 Å². The molecule has 1 aliphatic rings. The van der Waals surface area contributed by atoms with E-state index in [9.17, 15) is 0 Å². The van der Waals surface area contributed by atoms with Gasteiger partial charge in [-0.15, -0.1) is 0 Å². The lowest BCUT2D eigenvalue weighted by Crippen LogP contribution is -2.37. The molecule has 1 saturated heterocycles. The van der Waals surface area contributed by atoms with Gasteiger partial charge in [0.1, 0.15) is 12.4 Å². The van der Waals surface area contributed by atoms with Crippen molar-refractivity contribution in [1.82, 2.24) is 4.90 Å². The first-order valence-corrected chi connectivity index (χ1v) is 6.29. The van der Waals surface area contributed by atoms with Crippen molar-refractivity contribution in [3.8, 4) is 5.75 Å². The van der Waals surface area contributed by atoms with Crippen LogP contribution in [0.4, 0.5) is 0 Å². The van der Waals surface area contributed by atoms with Gasteiger partial charge < -0.3 is 15.4 Å². The quantitative estimate of drug-likeness (QED) is 0.861. The van der Waals surface area contributed by atoms with Crippen molar-refractivity contribution in [3.63, 3.8) is 0 Å². The van der Waals surface area contributed by atoms with E-state index in [4.69, 9.17) is 10.5 Å². The number of ether oxygens (including phenoxy) is 1. The van der Waals surface area contributed by atoms with E-state index < -0.39 is 0 Å². The average molecular weight is 234 g/mol. The molecule has 2 unspecified atom stereocenters. The summed E-state index contributed by atoms with van der Waals surface area (Å²) in [7, 11) is 2.15. The summed E-state index contributed by atoms with van der Waals surface area (Å²) in [6.07, 6.45) is 1.19. The Morgan fingerprint density at radius 3 is 2.88 bits per heavy atom. The Hall–Kier alpha value is -1.06. The molecule has 0 bridgehead atoms. The third-order valence-corrected chi connectivity index (χ3v) is 3.56. The standard InChI is InChI=1S/C14H22N2O/c1-11-5-3-4-6-14(11)17-10-13(15)12-7-8-16(2)9-12/h3-6,12-13H,7-10,15H2,1-2H3. The van der Waals surface area contributed by atoms with E-state index in [2.05, 4.69) is 24.9 Å². The van der Waals surface area contributed by atoms with Crippen molar-refractivity contribution in [2.45, 2.75) is 19.4 Å². The third-order valence-electron chi connectivity index (χ3n) is 3.56. The molecule has 3 nitrogen and oxygen atoms in total. The molecule has 0 radical (unpaired) electrons. The lowest BCUT2D eigenvalue weighted by atomic mass is 10.0. The number of likely N-dealkylation sites (tertiary alicyclic amines) is 1. The van der Waals surface area contributed by atoms with E-state index in [0.717, 1.165) is 18.8 Å². The highest BCUT2D eigenvalue weighted by molar-refractivity contribution is 5.31. The number of benzene rings is 1. The Kier molecular flexibility index (Phi) is 4.02. The molecule has 17 heavy (non-hydrogen) atoms. The molecule has 94 valence electrons. The first-order valence-electron chi connectivity index (χ1n) is 6.29. The zero-order valence-electron chi connectivity index (χ0n) is 10.7. The van der Waals surface area contributed by atoms with Crippen LogP contribution < -0.4 is 10.5 Å². The minimum Gasteiger partial charge on any atom is -0.492 e. The normalized spacial score (nSPS) is 22.6. The number of hydrogen-bond donors (Lipinski definition) is 1. The largest absolute Gasteiger partial charge is 0.492 e. The van der Waals surface area contributed by atoms with Crippen molar-refractivity contribution < 1.29 is 4.74 Å². The van der Waals surface area contributed by atoms with Crippen LogP contribution in [0.25, 0.3) is 0 Å². The molecule has 0 aromatic heterocycles. The molecule has 0 spiro atoms. The van der Waals surface area contributed by atoms with E-state index in [1.807, 2.05) is 18.2 Å². The van der Waals surface area contributed by atoms with Crippen LogP contribution in [0.5, 0.6) is 5.75 Å². The molecule has 1 aromatic carbocycles. The fourth-order valence-electron chi connectivity index (χ4n) is 2.36. The van der Waals surface area contributed by atoms with E-state index in [0.29, 0.717) is 12.5 Å². The molecule has 2 atom stereocenters. The highest BCUT2D eigenvalue weighted by Crippen LogP contribution is 2.20. The summed E-state index contributed by atoms with van der Waals surface area (Å²) in [6, 6.07) is 8.22. The highest BCUT2D eigenvalue weighted by Gasteiger charge is 2.25. The maximum Gasteiger partial charge on any atom is 0.122 e. The highest BCUT2D eigenvalue weighted by atomic mass is 16.5. The number of nitrogens with two attached hydrogens (primary N) is 1. The average Bonchev–Trinajstić information content (AvgIpc) is 2.74. The first-order chi connectivity index (χ1) is 8.16. The molecule has 0 amide bonds. The van der Waals surface area contributed by atoms with Crippen molar-refractivity contribution in [2.75, 3.05) is 26.7 Å². The van der Waals surface area contributed by atoms with Crippen molar-refractivity contribution >= 4 is 0 Å². The molecule has 1 aromatic rings. The Morgan fingerprint density at radius 2 is 2.24 bits per heavy atom. The van der Waals surface area contributed by atoms with Crippen molar-refractivity contribution in [3.05, 3.63) is 29.8 Å². The van der Waals surface area contributed by atoms with Crippen LogP contribution in [-0.4, -0.2) is 37.7 Å². The molecule has 1 fully saturated rings. The van der Waals surface area contributed by atoms with Crippen molar-refractivity contribution in [2.24, 2.45) is 11.7 Å². The van der Waals surface area contributed by atoms with Gasteiger partial charge in [-0.3, -0.25) is 0 Å². The van der Waals surface area contributed by atoms with Crippen LogP contribution in [0, 0.1) is 12.8 Å². The van der Waals surface area contributed by atoms with E-state index >= 15 is 0 Å². The van der Waals surface area contributed by atoms with Crippen LogP contribution in [0.1, 0.15) is 12.0 Å². The van der Waals surface area contributed by atoms with Gasteiger partial charge in [0.25, 0.3) is 0 Å². The minimum atomic E-state index is 0.138. The zero-order chi connectivity index (χ0) is 12.3. The molecule has 1 aliphatic heterocycles. The molecule has 2 rings (SSSR count). The van der Waals surface area contributed by atoms with Crippen molar-refractivity contribution in [1.29, 1.82) is 0 Å². The monoisotopic (exact) mass is 234 g/mol. The van der Waals surface area contributed by atoms with E-state index in [1.165, 1.54) is 12.0 Å².